The molecule has 0 aliphatic rings. The van der Waals surface area contributed by atoms with E-state index in [2.05, 4.69) is 4.98 Å². The fourth-order valence-corrected chi connectivity index (χ4v) is 1.36. The number of rotatable bonds is 0. The highest BCUT2D eigenvalue weighted by atomic mass is 16.3. The van der Waals surface area contributed by atoms with Crippen LogP contribution in [0.4, 0.5) is 0 Å². The number of fused-ring (bicyclic) bond motifs is 1. The smallest absolute Gasteiger partial charge is 0.143 e. The minimum absolute atomic E-state index is 0.0476. The first kappa shape index (κ1) is 8.98. The molecule has 0 spiro atoms. The maximum Gasteiger partial charge on any atom is 0.143 e. The van der Waals surface area contributed by atoms with Crippen molar-refractivity contribution < 1.29 is 5.11 Å². The molecule has 0 saturated carbocycles. The van der Waals surface area contributed by atoms with E-state index < -0.39 is 0 Å². The molecular weight excluding hydrogens is 190 g/mol. The molecule has 4 nitrogen and oxygen atoms in total. The molecule has 0 unspecified atom stereocenters. The zero-order chi connectivity index (χ0) is 10.8. The van der Waals surface area contributed by atoms with Crippen molar-refractivity contribution in [1.29, 1.82) is 10.5 Å². The lowest BCUT2D eigenvalue weighted by molar-refractivity contribution is 0.480. The molecule has 0 amide bonds. The van der Waals surface area contributed by atoms with Crippen LogP contribution in [0.25, 0.3) is 10.9 Å². The molecule has 0 bridgehead atoms. The van der Waals surface area contributed by atoms with Gasteiger partial charge in [-0.15, -0.1) is 0 Å². The molecule has 1 heterocycles. The van der Waals surface area contributed by atoms with Crippen molar-refractivity contribution in [3.63, 3.8) is 0 Å². The van der Waals surface area contributed by atoms with E-state index in [1.807, 2.05) is 12.1 Å². The van der Waals surface area contributed by atoms with Gasteiger partial charge >= 0.3 is 0 Å². The second kappa shape index (κ2) is 3.28. The van der Waals surface area contributed by atoms with Gasteiger partial charge in [-0.3, -0.25) is 4.98 Å². The fourth-order valence-electron chi connectivity index (χ4n) is 1.36. The molecule has 1 aromatic carbocycles. The minimum Gasteiger partial charge on any atom is -0.506 e. The Kier molecular flexibility index (Phi) is 1.97. The molecule has 0 aliphatic carbocycles. The van der Waals surface area contributed by atoms with Crippen molar-refractivity contribution in [2.24, 2.45) is 0 Å². The third-order valence-corrected chi connectivity index (χ3v) is 2.02. The summed E-state index contributed by atoms with van der Waals surface area (Å²) >= 11 is 0. The van der Waals surface area contributed by atoms with Gasteiger partial charge in [0, 0.05) is 11.6 Å². The lowest BCUT2D eigenvalue weighted by atomic mass is 10.1. The van der Waals surface area contributed by atoms with Gasteiger partial charge in [0.05, 0.1) is 17.2 Å². The highest BCUT2D eigenvalue weighted by molar-refractivity contribution is 5.86. The highest BCUT2D eigenvalue weighted by Crippen LogP contribution is 2.24. The Morgan fingerprint density at radius 2 is 1.73 bits per heavy atom. The number of hydrogen-bond acceptors (Lipinski definition) is 4. The van der Waals surface area contributed by atoms with E-state index in [-0.39, 0.29) is 5.75 Å². The van der Waals surface area contributed by atoms with Crippen molar-refractivity contribution >= 4 is 10.9 Å². The zero-order valence-corrected chi connectivity index (χ0v) is 7.60. The number of nitriles is 2. The monoisotopic (exact) mass is 195 g/mol. The number of phenolic OH excluding ortho intramolecular Hbond substituents is 1. The van der Waals surface area contributed by atoms with Crippen LogP contribution in [0.5, 0.6) is 5.75 Å². The van der Waals surface area contributed by atoms with Crippen molar-refractivity contribution in [3.8, 4) is 17.9 Å². The Hall–Kier alpha value is -2.59. The molecule has 0 aliphatic heterocycles. The first-order chi connectivity index (χ1) is 7.24. The molecule has 0 saturated heterocycles. The first-order valence-corrected chi connectivity index (χ1v) is 4.17. The Balaban J connectivity index is 2.83. The second-order valence-corrected chi connectivity index (χ2v) is 3.01. The summed E-state index contributed by atoms with van der Waals surface area (Å²) in [5.74, 6) is -0.0476. The number of nitrogens with zero attached hydrogens (tertiary/aromatic N) is 3. The van der Waals surface area contributed by atoms with Crippen LogP contribution in [-0.2, 0) is 0 Å². The van der Waals surface area contributed by atoms with E-state index in [0.717, 1.165) is 0 Å². The van der Waals surface area contributed by atoms with E-state index in [0.29, 0.717) is 22.0 Å². The van der Waals surface area contributed by atoms with Gasteiger partial charge in [-0.2, -0.15) is 10.5 Å². The van der Waals surface area contributed by atoms with Crippen LogP contribution in [0.3, 0.4) is 0 Å². The summed E-state index contributed by atoms with van der Waals surface area (Å²) in [4.78, 5) is 3.95. The minimum atomic E-state index is -0.0476. The third kappa shape index (κ3) is 1.45. The van der Waals surface area contributed by atoms with Crippen molar-refractivity contribution in [2.45, 2.75) is 0 Å². The summed E-state index contributed by atoms with van der Waals surface area (Å²) in [5.41, 5.74) is 1.14. The van der Waals surface area contributed by atoms with Gasteiger partial charge in [0.2, 0.25) is 0 Å². The molecule has 0 radical (unpaired) electrons. The van der Waals surface area contributed by atoms with Crippen LogP contribution in [0.1, 0.15) is 11.1 Å². The van der Waals surface area contributed by atoms with Crippen molar-refractivity contribution in [2.75, 3.05) is 0 Å². The van der Waals surface area contributed by atoms with Crippen LogP contribution >= 0.6 is 0 Å². The molecular formula is C11H5N3O. The summed E-state index contributed by atoms with van der Waals surface area (Å²) in [6.07, 6.45) is 1.38. The van der Waals surface area contributed by atoms with E-state index in [4.69, 9.17) is 10.5 Å². The van der Waals surface area contributed by atoms with Gasteiger partial charge in [0.15, 0.2) is 0 Å². The topological polar surface area (TPSA) is 80.7 Å². The number of hydrogen-bond donors (Lipinski definition) is 1. The van der Waals surface area contributed by atoms with Gasteiger partial charge in [-0.1, -0.05) is 0 Å². The summed E-state index contributed by atoms with van der Waals surface area (Å²) < 4.78 is 0. The van der Waals surface area contributed by atoms with E-state index in [1.165, 1.54) is 12.3 Å². The average Bonchev–Trinajstić information content (AvgIpc) is 2.28. The molecule has 1 aromatic heterocycles. The Morgan fingerprint density at radius 1 is 1.07 bits per heavy atom. The quantitative estimate of drug-likeness (QED) is 0.693. The molecule has 0 atom stereocenters. The SMILES string of the molecule is N#Cc1cnc2c(O)cc(C#N)cc2c1. The van der Waals surface area contributed by atoms with Crippen LogP contribution in [0, 0.1) is 22.7 Å². The van der Waals surface area contributed by atoms with Gasteiger partial charge in [0.1, 0.15) is 17.3 Å². The maximum absolute atomic E-state index is 9.55. The second-order valence-electron chi connectivity index (χ2n) is 3.01. The van der Waals surface area contributed by atoms with Crippen LogP contribution in [0.2, 0.25) is 0 Å². The summed E-state index contributed by atoms with van der Waals surface area (Å²) in [6, 6.07) is 8.40. The lowest BCUT2D eigenvalue weighted by Crippen LogP contribution is -1.84. The Labute approximate surface area is 85.6 Å². The predicted octanol–water partition coefficient (Wildman–Crippen LogP) is 1.68. The van der Waals surface area contributed by atoms with Gasteiger partial charge < -0.3 is 5.11 Å². The van der Waals surface area contributed by atoms with Crippen molar-refractivity contribution in [3.05, 3.63) is 35.5 Å². The highest BCUT2D eigenvalue weighted by Gasteiger charge is 2.04. The first-order valence-electron chi connectivity index (χ1n) is 4.17. The molecule has 0 fully saturated rings. The number of phenols is 1. The van der Waals surface area contributed by atoms with Gasteiger partial charge in [0.25, 0.3) is 0 Å². The number of pyridine rings is 1. The van der Waals surface area contributed by atoms with Crippen LogP contribution in [0.15, 0.2) is 24.4 Å². The molecule has 15 heavy (non-hydrogen) atoms. The average molecular weight is 195 g/mol. The molecule has 70 valence electrons. The van der Waals surface area contributed by atoms with E-state index >= 15 is 0 Å². The Morgan fingerprint density at radius 3 is 2.40 bits per heavy atom. The standard InChI is InChI=1S/C11H5N3O/c12-4-7-1-9-2-8(5-13)6-14-11(9)10(15)3-7/h1-3,6,15H. The zero-order valence-electron chi connectivity index (χ0n) is 7.60. The van der Waals surface area contributed by atoms with Gasteiger partial charge in [-0.05, 0) is 18.2 Å². The normalized spacial score (nSPS) is 9.47. The van der Waals surface area contributed by atoms with E-state index in [9.17, 15) is 5.11 Å². The molecule has 2 rings (SSSR count). The molecule has 1 N–H and O–H groups in total. The summed E-state index contributed by atoms with van der Waals surface area (Å²) in [5, 5.41) is 27.5. The maximum atomic E-state index is 9.55. The fraction of sp³-hybridized carbons (Fsp3) is 0. The summed E-state index contributed by atoms with van der Waals surface area (Å²) in [7, 11) is 0. The number of benzene rings is 1. The summed E-state index contributed by atoms with van der Waals surface area (Å²) in [6.45, 7) is 0. The third-order valence-electron chi connectivity index (χ3n) is 2.02. The number of aromatic nitrogens is 1. The lowest BCUT2D eigenvalue weighted by Gasteiger charge is -2.00. The number of aromatic hydroxyl groups is 1. The van der Waals surface area contributed by atoms with Gasteiger partial charge in [-0.25, -0.2) is 0 Å². The molecule has 4 heteroatoms. The van der Waals surface area contributed by atoms with Crippen LogP contribution in [-0.4, -0.2) is 10.1 Å². The largest absolute Gasteiger partial charge is 0.506 e. The Bertz CT molecular complexity index is 615. The van der Waals surface area contributed by atoms with E-state index in [1.54, 1.807) is 12.1 Å². The molecule has 2 aromatic rings. The van der Waals surface area contributed by atoms with Crippen molar-refractivity contribution in [1.82, 2.24) is 4.98 Å². The predicted molar refractivity (Wildman–Crippen MR) is 52.8 cm³/mol. The van der Waals surface area contributed by atoms with Crippen LogP contribution < -0.4 is 0 Å².